The molecule has 0 amide bonds. The molecule has 2 rings (SSSR count). The molecule has 0 bridgehead atoms. The van der Waals surface area contributed by atoms with Gasteiger partial charge in [-0.3, -0.25) is 14.3 Å². The highest BCUT2D eigenvalue weighted by molar-refractivity contribution is 14.1. The van der Waals surface area contributed by atoms with E-state index in [4.69, 9.17) is 11.6 Å². The van der Waals surface area contributed by atoms with Crippen molar-refractivity contribution >= 4 is 34.2 Å². The quantitative estimate of drug-likeness (QED) is 0.609. The zero-order valence-electron chi connectivity index (χ0n) is 9.02. The first-order chi connectivity index (χ1) is 8.08. The van der Waals surface area contributed by atoms with E-state index in [1.165, 1.54) is 10.9 Å². The fourth-order valence-corrected chi connectivity index (χ4v) is 1.99. The van der Waals surface area contributed by atoms with Gasteiger partial charge in [0.15, 0.2) is 0 Å². The Hall–Kier alpha value is -0.950. The molecule has 0 atom stereocenters. The van der Waals surface area contributed by atoms with Gasteiger partial charge >= 0.3 is 0 Å². The molecule has 17 heavy (non-hydrogen) atoms. The van der Waals surface area contributed by atoms with Crippen LogP contribution in [0.15, 0.2) is 29.3 Å². The Kier molecular flexibility index (Phi) is 3.78. The molecule has 0 radical (unpaired) electrons. The van der Waals surface area contributed by atoms with Crippen molar-refractivity contribution in [1.82, 2.24) is 14.5 Å². The average molecular weight is 362 g/mol. The minimum absolute atomic E-state index is 0.145. The van der Waals surface area contributed by atoms with Gasteiger partial charge in [-0.05, 0) is 41.6 Å². The fraction of sp³-hybridized carbons (Fsp3) is 0.182. The Labute approximate surface area is 117 Å². The maximum atomic E-state index is 11.9. The number of halogens is 2. The molecule has 2 aromatic rings. The van der Waals surface area contributed by atoms with Crippen LogP contribution in [-0.4, -0.2) is 14.5 Å². The van der Waals surface area contributed by atoms with Gasteiger partial charge in [-0.15, -0.1) is 0 Å². The van der Waals surface area contributed by atoms with Gasteiger partial charge in [-0.25, -0.2) is 4.98 Å². The summed E-state index contributed by atoms with van der Waals surface area (Å²) < 4.78 is 1.93. The summed E-state index contributed by atoms with van der Waals surface area (Å²) in [5.41, 5.74) is 1.60. The highest BCUT2D eigenvalue weighted by atomic mass is 127. The molecule has 0 spiro atoms. The van der Waals surface area contributed by atoms with E-state index < -0.39 is 0 Å². The molecule has 2 heterocycles. The predicted octanol–water partition coefficient (Wildman–Crippen LogP) is 2.25. The average Bonchev–Trinajstić information content (AvgIpc) is 2.30. The Morgan fingerprint density at radius 3 is 2.94 bits per heavy atom. The normalized spacial score (nSPS) is 10.5. The second-order valence-corrected chi connectivity index (χ2v) is 4.99. The van der Waals surface area contributed by atoms with Crippen molar-refractivity contribution in [3.63, 3.8) is 0 Å². The van der Waals surface area contributed by atoms with Gasteiger partial charge in [-0.2, -0.15) is 0 Å². The van der Waals surface area contributed by atoms with Crippen LogP contribution >= 0.6 is 34.2 Å². The number of rotatable bonds is 2. The second-order valence-electron chi connectivity index (χ2n) is 3.55. The van der Waals surface area contributed by atoms with Crippen molar-refractivity contribution in [3.05, 3.63) is 55.0 Å². The maximum absolute atomic E-state index is 11.9. The van der Waals surface area contributed by atoms with Gasteiger partial charge < -0.3 is 0 Å². The van der Waals surface area contributed by atoms with E-state index in [1.54, 1.807) is 0 Å². The van der Waals surface area contributed by atoms with Gasteiger partial charge in [-0.1, -0.05) is 17.7 Å². The molecule has 4 nitrogen and oxygen atoms in total. The third kappa shape index (κ3) is 2.84. The first-order valence-electron chi connectivity index (χ1n) is 4.91. The maximum Gasteiger partial charge on any atom is 0.268 e. The van der Waals surface area contributed by atoms with Crippen molar-refractivity contribution in [1.29, 1.82) is 0 Å². The molecule has 6 heteroatoms. The summed E-state index contributed by atoms with van der Waals surface area (Å²) in [4.78, 5) is 20.2. The number of hydrogen-bond acceptors (Lipinski definition) is 3. The van der Waals surface area contributed by atoms with Gasteiger partial charge in [0.25, 0.3) is 5.56 Å². The zero-order chi connectivity index (χ0) is 12.4. The van der Waals surface area contributed by atoms with Gasteiger partial charge in [0.1, 0.15) is 8.72 Å². The molecule has 0 aliphatic rings. The van der Waals surface area contributed by atoms with Crippen LogP contribution in [0.4, 0.5) is 0 Å². The van der Waals surface area contributed by atoms with Crippen molar-refractivity contribution < 1.29 is 0 Å². The number of nitrogens with zero attached hydrogens (tertiary/aromatic N) is 3. The highest BCUT2D eigenvalue weighted by Gasteiger charge is 2.07. The minimum atomic E-state index is -0.145. The molecular formula is C11H9ClIN3O. The van der Waals surface area contributed by atoms with E-state index in [-0.39, 0.29) is 10.7 Å². The summed E-state index contributed by atoms with van der Waals surface area (Å²) in [5.74, 6) is 0. The molecule has 0 saturated heterocycles. The molecule has 0 fully saturated rings. The van der Waals surface area contributed by atoms with Crippen molar-refractivity contribution in [2.75, 3.05) is 0 Å². The summed E-state index contributed by atoms with van der Waals surface area (Å²) >= 11 is 7.66. The largest absolute Gasteiger partial charge is 0.292 e. The van der Waals surface area contributed by atoms with E-state index in [1.807, 2.05) is 47.7 Å². The smallest absolute Gasteiger partial charge is 0.268 e. The van der Waals surface area contributed by atoms with Crippen LogP contribution < -0.4 is 5.56 Å². The van der Waals surface area contributed by atoms with Crippen LogP contribution in [0.25, 0.3) is 0 Å². The third-order valence-electron chi connectivity index (χ3n) is 2.22. The fourth-order valence-electron chi connectivity index (χ4n) is 1.42. The van der Waals surface area contributed by atoms with Crippen molar-refractivity contribution in [2.24, 2.45) is 0 Å². The van der Waals surface area contributed by atoms with E-state index in [0.29, 0.717) is 10.1 Å². The Morgan fingerprint density at radius 2 is 2.24 bits per heavy atom. The summed E-state index contributed by atoms with van der Waals surface area (Å²) in [6.07, 6.45) is 1.44. The lowest BCUT2D eigenvalue weighted by Crippen LogP contribution is -2.24. The molecule has 0 aliphatic heterocycles. The summed E-state index contributed by atoms with van der Waals surface area (Å²) in [6, 6.07) is 5.70. The van der Waals surface area contributed by atoms with Crippen molar-refractivity contribution in [2.45, 2.75) is 13.5 Å². The molecule has 0 aromatic carbocycles. The summed E-state index contributed by atoms with van der Waals surface area (Å²) in [7, 11) is 0. The summed E-state index contributed by atoms with van der Waals surface area (Å²) in [5, 5.41) is 0.240. The van der Waals surface area contributed by atoms with E-state index in [2.05, 4.69) is 9.97 Å². The van der Waals surface area contributed by atoms with Gasteiger partial charge in [0.05, 0.1) is 18.6 Å². The Bertz CT molecular complexity index is 612. The second kappa shape index (κ2) is 5.14. The van der Waals surface area contributed by atoms with Crippen LogP contribution in [0.2, 0.25) is 5.15 Å². The lowest BCUT2D eigenvalue weighted by Gasteiger charge is -2.06. The van der Waals surface area contributed by atoms with Crippen LogP contribution in [0, 0.1) is 10.5 Å². The summed E-state index contributed by atoms with van der Waals surface area (Å²) in [6.45, 7) is 2.32. The predicted molar refractivity (Wildman–Crippen MR) is 74.3 cm³/mol. The molecule has 0 unspecified atom stereocenters. The minimum Gasteiger partial charge on any atom is -0.292 e. The SMILES string of the molecule is Cc1cccc(Cn2cnc(Cl)c(I)c2=O)n1. The Morgan fingerprint density at radius 1 is 1.47 bits per heavy atom. The van der Waals surface area contributed by atoms with Crippen molar-refractivity contribution in [3.8, 4) is 0 Å². The molecule has 0 saturated carbocycles. The van der Waals surface area contributed by atoms with E-state index >= 15 is 0 Å². The number of aryl methyl sites for hydroxylation is 1. The van der Waals surface area contributed by atoms with Gasteiger partial charge in [0, 0.05) is 5.69 Å². The van der Waals surface area contributed by atoms with Crippen LogP contribution in [0.5, 0.6) is 0 Å². The Balaban J connectivity index is 2.37. The highest BCUT2D eigenvalue weighted by Crippen LogP contribution is 2.10. The van der Waals surface area contributed by atoms with Crippen LogP contribution in [-0.2, 0) is 6.54 Å². The van der Waals surface area contributed by atoms with Crippen LogP contribution in [0.3, 0.4) is 0 Å². The lowest BCUT2D eigenvalue weighted by atomic mass is 10.3. The topological polar surface area (TPSA) is 47.8 Å². The molecule has 2 aromatic heterocycles. The van der Waals surface area contributed by atoms with Gasteiger partial charge in [0.2, 0.25) is 0 Å². The molecule has 0 N–H and O–H groups in total. The number of aromatic nitrogens is 3. The standard InChI is InChI=1S/C11H9ClIN3O/c1-7-3-2-4-8(15-7)5-16-6-14-10(12)9(13)11(16)17/h2-4,6H,5H2,1H3. The number of pyridine rings is 1. The van der Waals surface area contributed by atoms with Crippen LogP contribution in [0.1, 0.15) is 11.4 Å². The number of hydrogen-bond donors (Lipinski definition) is 0. The molecule has 0 aliphatic carbocycles. The first-order valence-corrected chi connectivity index (χ1v) is 6.36. The van der Waals surface area contributed by atoms with E-state index in [9.17, 15) is 4.79 Å². The lowest BCUT2D eigenvalue weighted by molar-refractivity contribution is 0.711. The molecule has 88 valence electrons. The monoisotopic (exact) mass is 361 g/mol. The first kappa shape index (κ1) is 12.5. The zero-order valence-corrected chi connectivity index (χ0v) is 11.9. The van der Waals surface area contributed by atoms with E-state index in [0.717, 1.165) is 11.4 Å². The third-order valence-corrected chi connectivity index (χ3v) is 3.80. The molecular weight excluding hydrogens is 352 g/mol.